The maximum absolute atomic E-state index is 13.9. The SMILES string of the molecule is CCOC(=O)c1c(NC(=O)c2cc(-c3ccc(Cl)cc3Cl)nc3ccccc23)sc2c1CCC(C(C)(C)C)C2. The van der Waals surface area contributed by atoms with Gasteiger partial charge in [0.25, 0.3) is 5.91 Å². The van der Waals surface area contributed by atoms with E-state index in [1.54, 1.807) is 31.2 Å². The van der Waals surface area contributed by atoms with Crippen LogP contribution in [0.3, 0.4) is 0 Å². The van der Waals surface area contributed by atoms with Crippen molar-refractivity contribution in [3.8, 4) is 11.3 Å². The van der Waals surface area contributed by atoms with E-state index in [1.165, 1.54) is 11.3 Å². The third kappa shape index (κ3) is 5.56. The number of nitrogens with zero attached hydrogens (tertiary/aromatic N) is 1. The van der Waals surface area contributed by atoms with Crippen molar-refractivity contribution in [2.24, 2.45) is 11.3 Å². The van der Waals surface area contributed by atoms with Crippen molar-refractivity contribution in [2.45, 2.75) is 47.0 Å². The van der Waals surface area contributed by atoms with Crippen LogP contribution in [-0.2, 0) is 17.6 Å². The van der Waals surface area contributed by atoms with Crippen LogP contribution in [0.25, 0.3) is 22.2 Å². The van der Waals surface area contributed by atoms with Crippen LogP contribution in [0.4, 0.5) is 5.00 Å². The summed E-state index contributed by atoms with van der Waals surface area (Å²) in [4.78, 5) is 32.9. The Bertz CT molecular complexity index is 1590. The Balaban J connectivity index is 1.57. The zero-order chi connectivity index (χ0) is 27.9. The fourth-order valence-corrected chi connectivity index (χ4v) is 7.02. The van der Waals surface area contributed by atoms with Crippen LogP contribution in [0.5, 0.6) is 0 Å². The summed E-state index contributed by atoms with van der Waals surface area (Å²) in [6.45, 7) is 8.82. The Labute approximate surface area is 242 Å². The Kier molecular flexibility index (Phi) is 7.73. The molecule has 1 amide bonds. The average Bonchev–Trinajstić information content (AvgIpc) is 3.24. The first-order valence-corrected chi connectivity index (χ1v) is 14.6. The van der Waals surface area contributed by atoms with Gasteiger partial charge in [-0.1, -0.05) is 62.2 Å². The molecule has 1 aliphatic carbocycles. The van der Waals surface area contributed by atoms with Crippen molar-refractivity contribution >= 4 is 62.3 Å². The molecular weight excluding hydrogens is 551 g/mol. The fourth-order valence-electron chi connectivity index (χ4n) is 5.20. The Morgan fingerprint density at radius 1 is 1.13 bits per heavy atom. The minimum absolute atomic E-state index is 0.157. The normalized spacial score (nSPS) is 15.2. The smallest absolute Gasteiger partial charge is 0.341 e. The van der Waals surface area contributed by atoms with Crippen molar-refractivity contribution in [3.05, 3.63) is 80.1 Å². The van der Waals surface area contributed by atoms with Crippen LogP contribution in [-0.4, -0.2) is 23.5 Å². The summed E-state index contributed by atoms with van der Waals surface area (Å²) < 4.78 is 5.43. The van der Waals surface area contributed by atoms with Gasteiger partial charge in [0, 0.05) is 20.8 Å². The number of thiophene rings is 1. The van der Waals surface area contributed by atoms with E-state index in [2.05, 4.69) is 26.1 Å². The Morgan fingerprint density at radius 3 is 2.62 bits per heavy atom. The van der Waals surface area contributed by atoms with Gasteiger partial charge in [-0.05, 0) is 73.4 Å². The number of hydrogen-bond donors (Lipinski definition) is 1. The molecule has 2 aromatic carbocycles. The van der Waals surface area contributed by atoms with Crippen molar-refractivity contribution in [3.63, 3.8) is 0 Å². The summed E-state index contributed by atoms with van der Waals surface area (Å²) in [5.74, 6) is -0.220. The third-order valence-electron chi connectivity index (χ3n) is 7.36. The molecule has 0 saturated carbocycles. The quantitative estimate of drug-likeness (QED) is 0.239. The van der Waals surface area contributed by atoms with Crippen LogP contribution < -0.4 is 5.32 Å². The van der Waals surface area contributed by atoms with Gasteiger partial charge in [0.2, 0.25) is 0 Å². The number of carbonyl (C=O) groups is 2. The van der Waals surface area contributed by atoms with Crippen LogP contribution >= 0.6 is 34.5 Å². The number of halogens is 2. The molecule has 1 N–H and O–H groups in total. The Morgan fingerprint density at radius 2 is 1.90 bits per heavy atom. The summed E-state index contributed by atoms with van der Waals surface area (Å²) in [5, 5.41) is 5.27. The summed E-state index contributed by atoms with van der Waals surface area (Å²) in [7, 11) is 0. The molecule has 5 rings (SSSR count). The van der Waals surface area contributed by atoms with Gasteiger partial charge in [0.15, 0.2) is 0 Å². The van der Waals surface area contributed by atoms with Gasteiger partial charge >= 0.3 is 5.97 Å². The molecule has 202 valence electrons. The van der Waals surface area contributed by atoms with E-state index >= 15 is 0 Å². The van der Waals surface area contributed by atoms with Gasteiger partial charge in [-0.3, -0.25) is 4.79 Å². The number of esters is 1. The number of hydrogen-bond acceptors (Lipinski definition) is 5. The molecule has 5 nitrogen and oxygen atoms in total. The highest BCUT2D eigenvalue weighted by Gasteiger charge is 2.34. The van der Waals surface area contributed by atoms with E-state index in [4.69, 9.17) is 32.9 Å². The number of aromatic nitrogens is 1. The van der Waals surface area contributed by atoms with Gasteiger partial charge in [-0.25, -0.2) is 9.78 Å². The van der Waals surface area contributed by atoms with Crippen LogP contribution in [0.1, 0.15) is 65.3 Å². The molecular formula is C31H30Cl2N2O3S. The molecule has 0 saturated heterocycles. The van der Waals surface area contributed by atoms with Gasteiger partial charge in [-0.15, -0.1) is 11.3 Å². The Hall–Kier alpha value is -2.93. The zero-order valence-electron chi connectivity index (χ0n) is 22.4. The number of benzene rings is 2. The highest BCUT2D eigenvalue weighted by Crippen LogP contribution is 2.45. The van der Waals surface area contributed by atoms with Crippen molar-refractivity contribution in [1.82, 2.24) is 4.98 Å². The number of pyridine rings is 1. The summed E-state index contributed by atoms with van der Waals surface area (Å²) in [6.07, 6.45) is 2.66. The molecule has 0 radical (unpaired) electrons. The highest BCUT2D eigenvalue weighted by molar-refractivity contribution is 7.17. The predicted molar refractivity (Wildman–Crippen MR) is 160 cm³/mol. The lowest BCUT2D eigenvalue weighted by atomic mass is 9.72. The second-order valence-electron chi connectivity index (χ2n) is 10.9. The third-order valence-corrected chi connectivity index (χ3v) is 9.08. The van der Waals surface area contributed by atoms with E-state index in [9.17, 15) is 9.59 Å². The van der Waals surface area contributed by atoms with Crippen LogP contribution in [0.15, 0.2) is 48.5 Å². The molecule has 0 aliphatic heterocycles. The van der Waals surface area contributed by atoms with E-state index in [-0.39, 0.29) is 17.9 Å². The highest BCUT2D eigenvalue weighted by atomic mass is 35.5. The van der Waals surface area contributed by atoms with Crippen LogP contribution in [0, 0.1) is 11.3 Å². The largest absolute Gasteiger partial charge is 0.462 e. The molecule has 2 heterocycles. The summed E-state index contributed by atoms with van der Waals surface area (Å²) in [6, 6.07) is 14.4. The van der Waals surface area contributed by atoms with Gasteiger partial charge in [-0.2, -0.15) is 0 Å². The fraction of sp³-hybridized carbons (Fsp3) is 0.323. The second-order valence-corrected chi connectivity index (χ2v) is 12.8. The monoisotopic (exact) mass is 580 g/mol. The molecule has 0 spiro atoms. The molecule has 0 bridgehead atoms. The summed E-state index contributed by atoms with van der Waals surface area (Å²) >= 11 is 14.1. The molecule has 0 fully saturated rings. The van der Waals surface area contributed by atoms with E-state index in [1.807, 2.05) is 24.3 Å². The molecule has 39 heavy (non-hydrogen) atoms. The number of para-hydroxylation sites is 1. The van der Waals surface area contributed by atoms with Crippen molar-refractivity contribution < 1.29 is 14.3 Å². The molecule has 4 aromatic rings. The number of rotatable bonds is 5. The number of nitrogens with one attached hydrogen (secondary N) is 1. The van der Waals surface area contributed by atoms with Crippen molar-refractivity contribution in [1.29, 1.82) is 0 Å². The minimum Gasteiger partial charge on any atom is -0.462 e. The number of carbonyl (C=O) groups excluding carboxylic acids is 2. The number of anilines is 1. The van der Waals surface area contributed by atoms with Gasteiger partial charge in [0.1, 0.15) is 5.00 Å². The van der Waals surface area contributed by atoms with Gasteiger partial charge < -0.3 is 10.1 Å². The first-order valence-electron chi connectivity index (χ1n) is 13.0. The second kappa shape index (κ2) is 10.9. The van der Waals surface area contributed by atoms with E-state index in [0.717, 1.165) is 29.7 Å². The first kappa shape index (κ1) is 27.6. The zero-order valence-corrected chi connectivity index (χ0v) is 24.7. The molecule has 8 heteroatoms. The number of fused-ring (bicyclic) bond motifs is 2. The predicted octanol–water partition coefficient (Wildman–Crippen LogP) is 8.85. The van der Waals surface area contributed by atoms with E-state index in [0.29, 0.717) is 54.3 Å². The number of amides is 1. The topological polar surface area (TPSA) is 68.3 Å². The number of ether oxygens (including phenoxy) is 1. The molecule has 2 aromatic heterocycles. The minimum atomic E-state index is -0.396. The molecule has 1 atom stereocenters. The summed E-state index contributed by atoms with van der Waals surface area (Å²) in [5.41, 5.74) is 3.98. The maximum Gasteiger partial charge on any atom is 0.341 e. The van der Waals surface area contributed by atoms with E-state index < -0.39 is 5.97 Å². The lowest BCUT2D eigenvalue weighted by Gasteiger charge is -2.33. The van der Waals surface area contributed by atoms with Crippen LogP contribution in [0.2, 0.25) is 10.0 Å². The van der Waals surface area contributed by atoms with Crippen molar-refractivity contribution in [2.75, 3.05) is 11.9 Å². The lowest BCUT2D eigenvalue weighted by molar-refractivity contribution is 0.0526. The lowest BCUT2D eigenvalue weighted by Crippen LogP contribution is -2.26. The first-order chi connectivity index (χ1) is 18.6. The molecule has 1 unspecified atom stereocenters. The maximum atomic E-state index is 13.9. The van der Waals surface area contributed by atoms with Gasteiger partial charge in [0.05, 0.1) is 34.0 Å². The standard InChI is InChI=1S/C31H30Cl2N2O3S/c1-5-38-30(37)27-21-12-10-17(31(2,3)4)14-26(21)39-29(27)35-28(36)22-16-25(20-13-11-18(32)15-23(20)33)34-24-9-7-6-8-19(22)24/h6-9,11,13,15-17H,5,10,12,14H2,1-4H3,(H,35,36). The average molecular weight is 582 g/mol. The molecule has 1 aliphatic rings.